The molecular weight excluding hydrogens is 586 g/mol. The van der Waals surface area contributed by atoms with Gasteiger partial charge in [0, 0.05) is 37.4 Å². The number of hydrogen-bond acceptors (Lipinski definition) is 9. The first kappa shape index (κ1) is 32.4. The Bertz CT molecular complexity index is 1650. The molecule has 1 aliphatic heterocycles. The van der Waals surface area contributed by atoms with E-state index in [1.807, 2.05) is 40.0 Å². The number of rotatable bonds is 8. The van der Waals surface area contributed by atoms with Gasteiger partial charge >= 0.3 is 6.09 Å². The number of nitriles is 1. The van der Waals surface area contributed by atoms with E-state index in [0.717, 1.165) is 24.0 Å². The number of nitrogens with one attached hydrogen (secondary N) is 1. The van der Waals surface area contributed by atoms with Crippen LogP contribution in [0.4, 0.5) is 22.1 Å². The van der Waals surface area contributed by atoms with Crippen LogP contribution in [-0.2, 0) is 21.6 Å². The molecule has 2 aliphatic rings. The van der Waals surface area contributed by atoms with Gasteiger partial charge in [0.15, 0.2) is 8.32 Å². The van der Waals surface area contributed by atoms with E-state index in [1.54, 1.807) is 28.0 Å². The summed E-state index contributed by atoms with van der Waals surface area (Å²) in [6.07, 6.45) is 5.14. The third-order valence-corrected chi connectivity index (χ3v) is 13.2. The third kappa shape index (κ3) is 6.84. The number of ether oxygens (including phenoxy) is 2. The number of nitrogens with zero attached hydrogens (tertiary/aromatic N) is 6. The van der Waals surface area contributed by atoms with Crippen molar-refractivity contribution in [2.24, 2.45) is 7.05 Å². The molecule has 5 rings (SSSR count). The summed E-state index contributed by atoms with van der Waals surface area (Å²) in [7, 11) is -0.293. The van der Waals surface area contributed by atoms with Crippen LogP contribution >= 0.6 is 0 Å². The normalized spacial score (nSPS) is 18.4. The van der Waals surface area contributed by atoms with Crippen molar-refractivity contribution < 1.29 is 18.7 Å². The minimum Gasteiger partial charge on any atom is -0.473 e. The molecule has 11 nitrogen and oxygen atoms in total. The molecule has 1 amide bonds. The van der Waals surface area contributed by atoms with Gasteiger partial charge in [-0.15, -0.1) is 0 Å². The fraction of sp³-hybridized carbons (Fsp3) is 0.545. The molecular formula is C33H45N7O4Si. The van der Waals surface area contributed by atoms with E-state index in [0.29, 0.717) is 47.6 Å². The lowest BCUT2D eigenvalue weighted by Gasteiger charge is -2.39. The Morgan fingerprint density at radius 1 is 1.20 bits per heavy atom. The summed E-state index contributed by atoms with van der Waals surface area (Å²) in [6.45, 7) is 19.4. The van der Waals surface area contributed by atoms with Gasteiger partial charge in [-0.25, -0.2) is 19.4 Å². The summed E-state index contributed by atoms with van der Waals surface area (Å²) < 4.78 is 20.3. The van der Waals surface area contributed by atoms with Crippen LogP contribution in [0.2, 0.25) is 18.1 Å². The van der Waals surface area contributed by atoms with Crippen LogP contribution < -0.4 is 15.0 Å². The maximum Gasteiger partial charge on any atom is 0.414 e. The average molecular weight is 632 g/mol. The van der Waals surface area contributed by atoms with Gasteiger partial charge in [-0.1, -0.05) is 27.7 Å². The van der Waals surface area contributed by atoms with Gasteiger partial charge < -0.3 is 19.2 Å². The minimum absolute atomic E-state index is 0.0114. The quantitative estimate of drug-likeness (QED) is 0.260. The summed E-state index contributed by atoms with van der Waals surface area (Å²) in [5, 5.41) is 18.0. The largest absolute Gasteiger partial charge is 0.473 e. The number of carbonyl (C=O) groups excluding carboxylic acids is 1. The zero-order valence-electron chi connectivity index (χ0n) is 28.1. The Morgan fingerprint density at radius 3 is 2.53 bits per heavy atom. The highest BCUT2D eigenvalue weighted by Gasteiger charge is 2.47. The molecule has 2 aromatic heterocycles. The van der Waals surface area contributed by atoms with Gasteiger partial charge in [0.1, 0.15) is 23.5 Å². The highest BCUT2D eigenvalue weighted by atomic mass is 28.4. The van der Waals surface area contributed by atoms with Gasteiger partial charge in [-0.2, -0.15) is 10.4 Å². The zero-order valence-corrected chi connectivity index (χ0v) is 29.1. The Kier molecular flexibility index (Phi) is 8.25. The van der Waals surface area contributed by atoms with Gasteiger partial charge in [0.05, 0.1) is 23.1 Å². The molecule has 0 spiro atoms. The second-order valence-corrected chi connectivity index (χ2v) is 19.7. The standard InChI is InChI=1S/C33H45N7O4Si/c1-31(2,3)44-30(41)40-19-33(7,20-42-45(9,10)32(4,5)6)24-16-21(15-22(17-34)27(24)40)25-13-14-35-29(37-25)38-26-18-36-39(8)28(26)43-23-11-12-23/h13-16,18,23H,11-12,19-20H2,1-10H3,(H,35,37,38)/t33-/m1/s1. The van der Waals surface area contributed by atoms with E-state index in [9.17, 15) is 10.1 Å². The summed E-state index contributed by atoms with van der Waals surface area (Å²) in [5.41, 5.74) is 2.53. The number of fused-ring (bicyclic) bond motifs is 1. The molecule has 1 atom stereocenters. The van der Waals surface area contributed by atoms with Crippen LogP contribution in [0.15, 0.2) is 30.6 Å². The van der Waals surface area contributed by atoms with E-state index in [2.05, 4.69) is 62.3 Å². The number of amides is 1. The number of carbonyl (C=O) groups is 1. The molecule has 0 bridgehead atoms. The highest BCUT2D eigenvalue weighted by Crippen LogP contribution is 2.47. The average Bonchev–Trinajstić information content (AvgIpc) is 3.64. The molecule has 3 aromatic rings. The lowest BCUT2D eigenvalue weighted by Crippen LogP contribution is -2.46. The first-order valence-corrected chi connectivity index (χ1v) is 18.3. The summed E-state index contributed by atoms with van der Waals surface area (Å²) in [4.78, 5) is 24.4. The number of aryl methyl sites for hydroxylation is 1. The molecule has 0 unspecified atom stereocenters. The monoisotopic (exact) mass is 631 g/mol. The summed E-state index contributed by atoms with van der Waals surface area (Å²) in [5.74, 6) is 1.01. The van der Waals surface area contributed by atoms with Crippen molar-refractivity contribution in [3.8, 4) is 23.2 Å². The van der Waals surface area contributed by atoms with Crippen molar-refractivity contribution >= 4 is 31.7 Å². The molecule has 45 heavy (non-hydrogen) atoms. The van der Waals surface area contributed by atoms with E-state index < -0.39 is 25.4 Å². The molecule has 12 heteroatoms. The van der Waals surface area contributed by atoms with Crippen molar-refractivity contribution in [1.29, 1.82) is 5.26 Å². The number of anilines is 3. The molecule has 0 saturated heterocycles. The lowest BCUT2D eigenvalue weighted by molar-refractivity contribution is 0.0575. The summed E-state index contributed by atoms with van der Waals surface area (Å²) >= 11 is 0. The fourth-order valence-corrected chi connectivity index (χ4v) is 6.09. The molecule has 1 N–H and O–H groups in total. The predicted octanol–water partition coefficient (Wildman–Crippen LogP) is 7.07. The van der Waals surface area contributed by atoms with Crippen molar-refractivity contribution in [1.82, 2.24) is 19.7 Å². The lowest BCUT2D eigenvalue weighted by atomic mass is 9.83. The Balaban J connectivity index is 1.54. The smallest absolute Gasteiger partial charge is 0.414 e. The number of benzene rings is 1. The maximum atomic E-state index is 13.5. The minimum atomic E-state index is -2.13. The zero-order chi connectivity index (χ0) is 32.9. The number of aromatic nitrogens is 4. The highest BCUT2D eigenvalue weighted by molar-refractivity contribution is 6.74. The van der Waals surface area contributed by atoms with Crippen molar-refractivity contribution in [3.05, 3.63) is 41.7 Å². The predicted molar refractivity (Wildman–Crippen MR) is 176 cm³/mol. The molecule has 3 heterocycles. The van der Waals surface area contributed by atoms with Crippen LogP contribution in [0, 0.1) is 11.3 Å². The SMILES string of the molecule is Cn1ncc(Nc2nccc(-c3cc(C#N)c4c(c3)[C@@](C)(CO[Si](C)(C)C(C)(C)C)CN4C(=O)OC(C)(C)C)n2)c1OC1CC1. The topological polar surface area (TPSA) is 127 Å². The Labute approximate surface area is 267 Å². The molecule has 240 valence electrons. The van der Waals surface area contributed by atoms with Gasteiger partial charge in [0.25, 0.3) is 0 Å². The first-order valence-electron chi connectivity index (χ1n) is 15.4. The van der Waals surface area contributed by atoms with E-state index in [1.165, 1.54) is 0 Å². The molecule has 0 radical (unpaired) electrons. The maximum absolute atomic E-state index is 13.5. The van der Waals surface area contributed by atoms with E-state index in [-0.39, 0.29) is 11.1 Å². The molecule has 1 aromatic carbocycles. The molecule has 1 saturated carbocycles. The van der Waals surface area contributed by atoms with Crippen molar-refractivity contribution in [2.45, 2.75) is 96.6 Å². The Hall–Kier alpha value is -3.95. The van der Waals surface area contributed by atoms with Gasteiger partial charge in [-0.3, -0.25) is 4.90 Å². The first-order chi connectivity index (χ1) is 20.9. The van der Waals surface area contributed by atoms with Gasteiger partial charge in [-0.05, 0) is 75.5 Å². The third-order valence-electron chi connectivity index (χ3n) is 8.71. The van der Waals surface area contributed by atoms with Crippen molar-refractivity contribution in [3.63, 3.8) is 0 Å². The fourth-order valence-electron chi connectivity index (χ4n) is 4.98. The van der Waals surface area contributed by atoms with E-state index in [4.69, 9.17) is 18.9 Å². The second kappa shape index (κ2) is 11.4. The van der Waals surface area contributed by atoms with Crippen LogP contribution in [0.3, 0.4) is 0 Å². The van der Waals surface area contributed by atoms with Gasteiger partial charge in [0.2, 0.25) is 11.8 Å². The van der Waals surface area contributed by atoms with Crippen LogP contribution in [-0.4, -0.2) is 59.0 Å². The Morgan fingerprint density at radius 2 is 1.91 bits per heavy atom. The molecule has 1 aliphatic carbocycles. The van der Waals surface area contributed by atoms with Crippen LogP contribution in [0.1, 0.15) is 72.4 Å². The van der Waals surface area contributed by atoms with Crippen molar-refractivity contribution in [2.75, 3.05) is 23.4 Å². The van der Waals surface area contributed by atoms with E-state index >= 15 is 0 Å². The number of hydrogen-bond donors (Lipinski definition) is 1. The van der Waals surface area contributed by atoms with Crippen LogP contribution in [0.25, 0.3) is 11.3 Å². The molecule has 1 fully saturated rings. The van der Waals surface area contributed by atoms with Crippen LogP contribution in [0.5, 0.6) is 5.88 Å². The summed E-state index contributed by atoms with van der Waals surface area (Å²) in [6, 6.07) is 7.94. The second-order valence-electron chi connectivity index (χ2n) is 14.9.